The first-order valence-electron chi connectivity index (χ1n) is 7.54. The molecule has 0 unspecified atom stereocenters. The van der Waals surface area contributed by atoms with Crippen LogP contribution < -0.4 is 0 Å². The number of β-amino-alcohol motifs (C(OH)–C–C–N with tert-alkyl or cyclic N) is 1. The van der Waals surface area contributed by atoms with Gasteiger partial charge in [0.1, 0.15) is 5.82 Å². The van der Waals surface area contributed by atoms with Crippen LogP contribution in [0.2, 0.25) is 0 Å². The summed E-state index contributed by atoms with van der Waals surface area (Å²) in [5.74, 6) is -0.373. The maximum atomic E-state index is 12.9. The van der Waals surface area contributed by atoms with Crippen LogP contribution in [0.3, 0.4) is 0 Å². The molecule has 0 aliphatic carbocycles. The molecule has 0 spiro atoms. The van der Waals surface area contributed by atoms with Gasteiger partial charge in [0.05, 0.1) is 12.6 Å². The van der Waals surface area contributed by atoms with Crippen molar-refractivity contribution in [2.75, 3.05) is 32.7 Å². The Balaban J connectivity index is 1.97. The van der Waals surface area contributed by atoms with Gasteiger partial charge in [0, 0.05) is 31.7 Å². The van der Waals surface area contributed by atoms with Crippen molar-refractivity contribution < 1.29 is 22.7 Å². The van der Waals surface area contributed by atoms with Crippen LogP contribution in [-0.2, 0) is 0 Å². The number of nitrogens with zero attached hydrogens (tertiary/aromatic N) is 2. The van der Waals surface area contributed by atoms with Gasteiger partial charge < -0.3 is 5.11 Å². The molecular weight excluding hydrogens is 312 g/mol. The summed E-state index contributed by atoms with van der Waals surface area (Å²) in [5.41, 5.74) is 0.116. The third-order valence-corrected chi connectivity index (χ3v) is 4.20. The van der Waals surface area contributed by atoms with Crippen molar-refractivity contribution in [2.45, 2.75) is 31.7 Å². The van der Waals surface area contributed by atoms with E-state index >= 15 is 0 Å². The van der Waals surface area contributed by atoms with Crippen LogP contribution in [0, 0.1) is 5.82 Å². The average molecular weight is 334 g/mol. The topological polar surface area (TPSA) is 26.7 Å². The summed E-state index contributed by atoms with van der Waals surface area (Å²) in [6.45, 7) is 4.16. The summed E-state index contributed by atoms with van der Waals surface area (Å²) >= 11 is 0. The van der Waals surface area contributed by atoms with Crippen LogP contribution >= 0.6 is 0 Å². The van der Waals surface area contributed by atoms with Crippen LogP contribution in [0.1, 0.15) is 25.5 Å². The number of halogens is 4. The molecule has 0 radical (unpaired) electrons. The van der Waals surface area contributed by atoms with Crippen molar-refractivity contribution >= 4 is 0 Å². The van der Waals surface area contributed by atoms with Crippen molar-refractivity contribution in [3.63, 3.8) is 0 Å². The van der Waals surface area contributed by atoms with Gasteiger partial charge >= 0.3 is 6.18 Å². The zero-order chi connectivity index (χ0) is 17.3. The highest BCUT2D eigenvalue weighted by Crippen LogP contribution is 2.27. The summed E-state index contributed by atoms with van der Waals surface area (Å²) in [7, 11) is 0. The molecule has 1 aliphatic heterocycles. The van der Waals surface area contributed by atoms with Crippen LogP contribution in [-0.4, -0.2) is 59.3 Å². The Hall–Kier alpha value is -1.18. The number of aliphatic hydroxyl groups is 1. The van der Waals surface area contributed by atoms with Crippen LogP contribution in [0.5, 0.6) is 0 Å². The quantitative estimate of drug-likeness (QED) is 0.858. The third kappa shape index (κ3) is 5.16. The molecule has 3 nitrogen and oxygen atoms in total. The highest BCUT2D eigenvalue weighted by molar-refractivity contribution is 5.19. The normalized spacial score (nSPS) is 21.3. The highest BCUT2D eigenvalue weighted by Gasteiger charge is 2.39. The molecule has 1 aromatic rings. The zero-order valence-electron chi connectivity index (χ0n) is 13.3. The molecule has 1 saturated heterocycles. The minimum atomic E-state index is -4.20. The van der Waals surface area contributed by atoms with Crippen molar-refractivity contribution in [3.05, 3.63) is 35.6 Å². The Kier molecular flexibility index (Phi) is 5.33. The molecule has 7 heteroatoms. The highest BCUT2D eigenvalue weighted by atomic mass is 19.4. The van der Waals surface area contributed by atoms with Crippen molar-refractivity contribution in [3.8, 4) is 0 Å². The number of rotatable bonds is 4. The van der Waals surface area contributed by atoms with Crippen LogP contribution in [0.4, 0.5) is 17.6 Å². The number of piperazine rings is 1. The maximum Gasteiger partial charge on any atom is 0.401 e. The second-order valence-corrected chi connectivity index (χ2v) is 6.65. The molecule has 1 atom stereocenters. The van der Waals surface area contributed by atoms with Gasteiger partial charge in [-0.15, -0.1) is 0 Å². The maximum absolute atomic E-state index is 12.9. The van der Waals surface area contributed by atoms with Crippen molar-refractivity contribution in [2.24, 2.45) is 0 Å². The Morgan fingerprint density at radius 3 is 2.30 bits per heavy atom. The van der Waals surface area contributed by atoms with E-state index in [9.17, 15) is 22.7 Å². The van der Waals surface area contributed by atoms with Gasteiger partial charge in [0.25, 0.3) is 0 Å². The fraction of sp³-hybridized carbons (Fsp3) is 0.625. The summed E-state index contributed by atoms with van der Waals surface area (Å²) in [5, 5.41) is 10.3. The molecule has 0 amide bonds. The van der Waals surface area contributed by atoms with Gasteiger partial charge in [-0.3, -0.25) is 9.80 Å². The second-order valence-electron chi connectivity index (χ2n) is 6.65. The number of benzene rings is 1. The molecule has 0 aromatic heterocycles. The summed E-state index contributed by atoms with van der Waals surface area (Å²) < 4.78 is 50.5. The number of aliphatic hydroxyl groups excluding tert-OH is 1. The number of hydrogen-bond donors (Lipinski definition) is 1. The van der Waals surface area contributed by atoms with Gasteiger partial charge in [0.2, 0.25) is 0 Å². The fourth-order valence-corrected chi connectivity index (χ4v) is 3.02. The lowest BCUT2D eigenvalue weighted by atomic mass is 9.97. The van der Waals surface area contributed by atoms with E-state index in [4.69, 9.17) is 0 Å². The molecular formula is C16H22F4N2O. The number of hydrogen-bond acceptors (Lipinski definition) is 3. The van der Waals surface area contributed by atoms with Crippen LogP contribution in [0.25, 0.3) is 0 Å². The molecule has 2 rings (SSSR count). The van der Waals surface area contributed by atoms with E-state index in [1.165, 1.54) is 29.2 Å². The zero-order valence-corrected chi connectivity index (χ0v) is 13.3. The molecule has 1 aliphatic rings. The third-order valence-electron chi connectivity index (χ3n) is 4.20. The summed E-state index contributed by atoms with van der Waals surface area (Å²) in [6.07, 6.45) is -5.00. The van der Waals surface area contributed by atoms with E-state index in [1.54, 1.807) is 0 Å². The first-order chi connectivity index (χ1) is 10.6. The lowest BCUT2D eigenvalue weighted by Gasteiger charge is -2.48. The van der Waals surface area contributed by atoms with E-state index in [0.29, 0.717) is 25.2 Å². The van der Waals surface area contributed by atoms with Gasteiger partial charge in [-0.25, -0.2) is 4.39 Å². The largest absolute Gasteiger partial charge is 0.401 e. The second kappa shape index (κ2) is 6.75. The summed E-state index contributed by atoms with van der Waals surface area (Å²) in [4.78, 5) is 3.37. The van der Waals surface area contributed by atoms with E-state index in [0.717, 1.165) is 0 Å². The molecule has 0 saturated carbocycles. The standard InChI is InChI=1S/C16H22F4N2O/c1-15(2)10-21(11-16(18,19)20)7-8-22(15)9-14(23)12-3-5-13(17)6-4-12/h3-6,14,23H,7-11H2,1-2H3/t14-/m0/s1. The Morgan fingerprint density at radius 1 is 1.17 bits per heavy atom. The van der Waals surface area contributed by atoms with Crippen molar-refractivity contribution in [1.82, 2.24) is 9.80 Å². The molecule has 0 bridgehead atoms. The van der Waals surface area contributed by atoms with Gasteiger partial charge in [-0.2, -0.15) is 13.2 Å². The van der Waals surface area contributed by atoms with Crippen LogP contribution in [0.15, 0.2) is 24.3 Å². The first-order valence-corrected chi connectivity index (χ1v) is 7.54. The summed E-state index contributed by atoms with van der Waals surface area (Å²) in [6, 6.07) is 5.61. The Bertz CT molecular complexity index is 516. The van der Waals surface area contributed by atoms with E-state index < -0.39 is 24.4 Å². The Labute approximate surface area is 133 Å². The Morgan fingerprint density at radius 2 is 1.78 bits per heavy atom. The molecule has 1 fully saturated rings. The number of alkyl halides is 3. The molecule has 1 heterocycles. The lowest BCUT2D eigenvalue weighted by molar-refractivity contribution is -0.156. The van der Waals surface area contributed by atoms with Gasteiger partial charge in [-0.1, -0.05) is 12.1 Å². The van der Waals surface area contributed by atoms with E-state index in [2.05, 4.69) is 0 Å². The van der Waals surface area contributed by atoms with Gasteiger partial charge in [0.15, 0.2) is 0 Å². The fourth-order valence-electron chi connectivity index (χ4n) is 3.02. The van der Waals surface area contributed by atoms with E-state index in [1.807, 2.05) is 18.7 Å². The first kappa shape index (κ1) is 18.2. The lowest BCUT2D eigenvalue weighted by Crippen LogP contribution is -2.61. The predicted molar refractivity (Wildman–Crippen MR) is 79.5 cm³/mol. The van der Waals surface area contributed by atoms with Gasteiger partial charge in [-0.05, 0) is 31.5 Å². The SMILES string of the molecule is CC1(C)CN(CC(F)(F)F)CCN1C[C@H](O)c1ccc(F)cc1. The average Bonchev–Trinajstić information content (AvgIpc) is 2.40. The molecule has 1 aromatic carbocycles. The van der Waals surface area contributed by atoms with E-state index in [-0.39, 0.29) is 12.4 Å². The smallest absolute Gasteiger partial charge is 0.387 e. The molecule has 130 valence electrons. The monoisotopic (exact) mass is 334 g/mol. The minimum absolute atomic E-state index is 0.280. The predicted octanol–water partition coefficient (Wildman–Crippen LogP) is 2.82. The van der Waals surface area contributed by atoms with Crippen molar-refractivity contribution in [1.29, 1.82) is 0 Å². The molecule has 1 N–H and O–H groups in total. The minimum Gasteiger partial charge on any atom is -0.387 e. The molecule has 23 heavy (non-hydrogen) atoms.